The van der Waals surface area contributed by atoms with Crippen LogP contribution >= 0.6 is 11.6 Å². The predicted octanol–water partition coefficient (Wildman–Crippen LogP) is 3.14. The fourth-order valence-corrected chi connectivity index (χ4v) is 2.07. The van der Waals surface area contributed by atoms with Crippen molar-refractivity contribution < 1.29 is 18.7 Å². The van der Waals surface area contributed by atoms with Gasteiger partial charge in [-0.2, -0.15) is 0 Å². The standard InChI is InChI=1S/C16H16ClNO4/c1-21-15(19)8-9-18(11-14-3-2-10-22-14)16(20)12-4-6-13(17)7-5-12/h2-7,10H,8-9,11H2,1H3. The average Bonchev–Trinajstić information content (AvgIpc) is 3.04. The van der Waals surface area contributed by atoms with Crippen LogP contribution in [0.1, 0.15) is 22.5 Å². The first kappa shape index (κ1) is 16.1. The molecule has 0 aliphatic heterocycles. The van der Waals surface area contributed by atoms with Crippen molar-refractivity contribution >= 4 is 23.5 Å². The maximum absolute atomic E-state index is 12.6. The Morgan fingerprint density at radius 1 is 1.23 bits per heavy atom. The molecule has 1 aromatic heterocycles. The maximum Gasteiger partial charge on any atom is 0.307 e. The van der Waals surface area contributed by atoms with Crippen molar-refractivity contribution in [1.29, 1.82) is 0 Å². The van der Waals surface area contributed by atoms with Gasteiger partial charge >= 0.3 is 5.97 Å². The zero-order valence-corrected chi connectivity index (χ0v) is 12.9. The second-order valence-corrected chi connectivity index (χ2v) is 5.08. The van der Waals surface area contributed by atoms with Crippen molar-refractivity contribution in [2.75, 3.05) is 13.7 Å². The molecule has 0 saturated heterocycles. The van der Waals surface area contributed by atoms with Crippen LogP contribution in [0.2, 0.25) is 5.02 Å². The predicted molar refractivity (Wildman–Crippen MR) is 81.5 cm³/mol. The highest BCUT2D eigenvalue weighted by Crippen LogP contribution is 2.14. The van der Waals surface area contributed by atoms with Crippen molar-refractivity contribution in [2.24, 2.45) is 0 Å². The van der Waals surface area contributed by atoms with Crippen molar-refractivity contribution in [3.8, 4) is 0 Å². The van der Waals surface area contributed by atoms with Gasteiger partial charge in [-0.05, 0) is 36.4 Å². The van der Waals surface area contributed by atoms with Crippen molar-refractivity contribution in [3.63, 3.8) is 0 Å². The van der Waals surface area contributed by atoms with E-state index in [4.69, 9.17) is 16.0 Å². The van der Waals surface area contributed by atoms with Crippen molar-refractivity contribution in [1.82, 2.24) is 4.90 Å². The Kier molecular flexibility index (Phi) is 5.61. The van der Waals surface area contributed by atoms with E-state index in [9.17, 15) is 9.59 Å². The third-order valence-corrected chi connectivity index (χ3v) is 3.37. The van der Waals surface area contributed by atoms with Crippen LogP contribution < -0.4 is 0 Å². The number of carbonyl (C=O) groups is 2. The molecule has 0 unspecified atom stereocenters. The second-order valence-electron chi connectivity index (χ2n) is 4.64. The smallest absolute Gasteiger partial charge is 0.307 e. The Morgan fingerprint density at radius 2 is 1.95 bits per heavy atom. The number of hydrogen-bond donors (Lipinski definition) is 0. The first-order chi connectivity index (χ1) is 10.6. The van der Waals surface area contributed by atoms with E-state index < -0.39 is 0 Å². The third kappa shape index (κ3) is 4.36. The topological polar surface area (TPSA) is 59.8 Å². The van der Waals surface area contributed by atoms with Gasteiger partial charge in [-0.1, -0.05) is 11.6 Å². The summed E-state index contributed by atoms with van der Waals surface area (Å²) in [4.78, 5) is 25.4. The molecule has 0 N–H and O–H groups in total. The lowest BCUT2D eigenvalue weighted by molar-refractivity contribution is -0.140. The highest BCUT2D eigenvalue weighted by molar-refractivity contribution is 6.30. The second kappa shape index (κ2) is 7.66. The summed E-state index contributed by atoms with van der Waals surface area (Å²) in [5.74, 6) is 0.0810. The Balaban J connectivity index is 2.12. The molecule has 0 spiro atoms. The first-order valence-corrected chi connectivity index (χ1v) is 7.12. The molecule has 1 amide bonds. The van der Waals surface area contributed by atoms with Crippen LogP contribution in [0.4, 0.5) is 0 Å². The minimum absolute atomic E-state index is 0.122. The van der Waals surface area contributed by atoms with E-state index in [0.717, 1.165) is 0 Å². The minimum Gasteiger partial charge on any atom is -0.469 e. The Bertz CT molecular complexity index is 622. The summed E-state index contributed by atoms with van der Waals surface area (Å²) in [7, 11) is 1.32. The number of hydrogen-bond acceptors (Lipinski definition) is 4. The summed E-state index contributed by atoms with van der Waals surface area (Å²) in [6, 6.07) is 10.1. The number of carbonyl (C=O) groups excluding carboxylic acids is 2. The van der Waals surface area contributed by atoms with E-state index in [2.05, 4.69) is 4.74 Å². The number of rotatable bonds is 6. The Hall–Kier alpha value is -2.27. The first-order valence-electron chi connectivity index (χ1n) is 6.74. The lowest BCUT2D eigenvalue weighted by Crippen LogP contribution is -2.32. The molecule has 0 atom stereocenters. The molecule has 0 fully saturated rings. The van der Waals surface area contributed by atoms with E-state index in [1.807, 2.05) is 0 Å². The molecule has 1 aromatic carbocycles. The lowest BCUT2D eigenvalue weighted by Gasteiger charge is -2.21. The quantitative estimate of drug-likeness (QED) is 0.767. The van der Waals surface area contributed by atoms with E-state index in [0.29, 0.717) is 16.3 Å². The molecule has 0 aliphatic carbocycles. The molecule has 2 aromatic rings. The maximum atomic E-state index is 12.6. The number of ether oxygens (including phenoxy) is 1. The van der Waals surface area contributed by atoms with Gasteiger partial charge in [0.25, 0.3) is 5.91 Å². The van der Waals surface area contributed by atoms with Crippen LogP contribution in [0.3, 0.4) is 0 Å². The van der Waals surface area contributed by atoms with Gasteiger partial charge in [-0.3, -0.25) is 9.59 Å². The SMILES string of the molecule is COC(=O)CCN(Cc1ccco1)C(=O)c1ccc(Cl)cc1. The monoisotopic (exact) mass is 321 g/mol. The number of amides is 1. The van der Waals surface area contributed by atoms with E-state index >= 15 is 0 Å². The minimum atomic E-state index is -0.367. The molecule has 0 bridgehead atoms. The molecule has 0 radical (unpaired) electrons. The zero-order valence-electron chi connectivity index (χ0n) is 12.1. The van der Waals surface area contributed by atoms with Crippen molar-refractivity contribution in [2.45, 2.75) is 13.0 Å². The number of methoxy groups -OCH3 is 1. The summed E-state index contributed by atoms with van der Waals surface area (Å²) in [5, 5.41) is 0.559. The Morgan fingerprint density at radius 3 is 2.55 bits per heavy atom. The van der Waals surface area contributed by atoms with E-state index in [1.54, 1.807) is 47.6 Å². The van der Waals surface area contributed by atoms with Gasteiger partial charge in [-0.15, -0.1) is 0 Å². The largest absolute Gasteiger partial charge is 0.469 e. The van der Waals surface area contributed by atoms with Crippen LogP contribution in [0.15, 0.2) is 47.1 Å². The van der Waals surface area contributed by atoms with Gasteiger partial charge in [0.1, 0.15) is 5.76 Å². The zero-order chi connectivity index (χ0) is 15.9. The summed E-state index contributed by atoms with van der Waals surface area (Å²) < 4.78 is 9.89. The molecule has 0 aliphatic rings. The Labute approximate surface area is 133 Å². The summed E-state index contributed by atoms with van der Waals surface area (Å²) in [6.07, 6.45) is 1.66. The molecule has 5 nitrogen and oxygen atoms in total. The summed E-state index contributed by atoms with van der Waals surface area (Å²) in [6.45, 7) is 0.528. The summed E-state index contributed by atoms with van der Waals surface area (Å²) >= 11 is 5.83. The number of halogens is 1. The van der Waals surface area contributed by atoms with Gasteiger partial charge < -0.3 is 14.1 Å². The highest BCUT2D eigenvalue weighted by atomic mass is 35.5. The van der Waals surface area contributed by atoms with E-state index in [1.165, 1.54) is 7.11 Å². The van der Waals surface area contributed by atoms with Crippen LogP contribution in [-0.2, 0) is 16.1 Å². The van der Waals surface area contributed by atoms with Crippen LogP contribution in [-0.4, -0.2) is 30.4 Å². The molecule has 6 heteroatoms. The number of esters is 1. The average molecular weight is 322 g/mol. The van der Waals surface area contributed by atoms with Gasteiger partial charge in [0, 0.05) is 17.1 Å². The van der Waals surface area contributed by atoms with E-state index in [-0.39, 0.29) is 31.4 Å². The van der Waals surface area contributed by atoms with Gasteiger partial charge in [-0.25, -0.2) is 0 Å². The van der Waals surface area contributed by atoms with Crippen LogP contribution in [0.25, 0.3) is 0 Å². The molecule has 0 saturated carbocycles. The number of benzene rings is 1. The van der Waals surface area contributed by atoms with Gasteiger partial charge in [0.05, 0.1) is 26.3 Å². The fourth-order valence-electron chi connectivity index (χ4n) is 1.95. The van der Waals surface area contributed by atoms with Crippen LogP contribution in [0, 0.1) is 0 Å². The van der Waals surface area contributed by atoms with Crippen molar-refractivity contribution in [3.05, 3.63) is 59.0 Å². The van der Waals surface area contributed by atoms with Gasteiger partial charge in [0.2, 0.25) is 0 Å². The number of nitrogens with zero attached hydrogens (tertiary/aromatic N) is 1. The molecule has 1 heterocycles. The van der Waals surface area contributed by atoms with Crippen LogP contribution in [0.5, 0.6) is 0 Å². The third-order valence-electron chi connectivity index (χ3n) is 3.12. The molecule has 116 valence electrons. The molecule has 22 heavy (non-hydrogen) atoms. The molecular weight excluding hydrogens is 306 g/mol. The lowest BCUT2D eigenvalue weighted by atomic mass is 10.2. The summed E-state index contributed by atoms with van der Waals surface area (Å²) in [5.41, 5.74) is 0.501. The number of furan rings is 1. The molecule has 2 rings (SSSR count). The van der Waals surface area contributed by atoms with Gasteiger partial charge in [0.15, 0.2) is 0 Å². The fraction of sp³-hybridized carbons (Fsp3) is 0.250. The highest BCUT2D eigenvalue weighted by Gasteiger charge is 2.18. The molecular formula is C16H16ClNO4. The normalized spacial score (nSPS) is 10.3.